The molecule has 0 aliphatic heterocycles. The highest BCUT2D eigenvalue weighted by atomic mass is 16.6. The number of hydrogen-bond acceptors (Lipinski definition) is 8. The molecule has 2 heterocycles. The number of nitrogens with one attached hydrogen (secondary N) is 1. The highest BCUT2D eigenvalue weighted by Gasteiger charge is 2.31. The second-order valence-electron chi connectivity index (χ2n) is 4.89. The molecule has 102 valence electrons. The van der Waals surface area contributed by atoms with Crippen molar-refractivity contribution in [3.05, 3.63) is 11.4 Å². The fourth-order valence-electron chi connectivity index (χ4n) is 1.66. The largest absolute Gasteiger partial charge is 0.378 e. The topological polar surface area (TPSA) is 151 Å². The predicted molar refractivity (Wildman–Crippen MR) is 64.0 cm³/mol. The first-order valence-electron chi connectivity index (χ1n) is 5.41. The van der Waals surface area contributed by atoms with Gasteiger partial charge in [0.25, 0.3) is 5.91 Å². The third-order valence-electron chi connectivity index (χ3n) is 2.42. The number of hydrogen-bond donors (Lipinski definition) is 3. The lowest BCUT2D eigenvalue weighted by Gasteiger charge is -2.19. The molecule has 10 nitrogen and oxygen atoms in total. The third kappa shape index (κ3) is 2.12. The van der Waals surface area contributed by atoms with Crippen LogP contribution >= 0.6 is 0 Å². The van der Waals surface area contributed by atoms with Crippen molar-refractivity contribution < 1.29 is 9.42 Å². The molecule has 0 aliphatic carbocycles. The number of nitrogen functional groups attached to an aromatic ring is 2. The van der Waals surface area contributed by atoms with Crippen LogP contribution in [0.15, 0.2) is 4.63 Å². The summed E-state index contributed by atoms with van der Waals surface area (Å²) in [5, 5.41) is 14.8. The molecular weight excluding hydrogens is 252 g/mol. The van der Waals surface area contributed by atoms with Gasteiger partial charge >= 0.3 is 0 Å². The molecule has 0 radical (unpaired) electrons. The summed E-state index contributed by atoms with van der Waals surface area (Å²) in [6, 6.07) is 0. The Hall–Kier alpha value is -2.49. The lowest BCUT2D eigenvalue weighted by Crippen LogP contribution is -2.33. The molecule has 0 aliphatic rings. The highest BCUT2D eigenvalue weighted by molar-refractivity contribution is 5.93. The summed E-state index contributed by atoms with van der Waals surface area (Å²) < 4.78 is 5.84. The molecule has 0 bridgehead atoms. The van der Waals surface area contributed by atoms with Gasteiger partial charge in [-0.05, 0) is 10.3 Å². The number of carbonyl (C=O) groups excluding carboxylic acids is 1. The van der Waals surface area contributed by atoms with Gasteiger partial charge in [0.15, 0.2) is 5.69 Å². The molecule has 0 atom stereocenters. The number of amides is 1. The maximum atomic E-state index is 11.7. The van der Waals surface area contributed by atoms with Gasteiger partial charge < -0.3 is 5.73 Å². The molecule has 5 N–H and O–H groups in total. The summed E-state index contributed by atoms with van der Waals surface area (Å²) in [4.78, 5) is 11.7. The number of aromatic nitrogens is 5. The predicted octanol–water partition coefficient (Wildman–Crippen LogP) is -0.866. The van der Waals surface area contributed by atoms with Crippen molar-refractivity contribution >= 4 is 11.7 Å². The van der Waals surface area contributed by atoms with Crippen LogP contribution in [0.4, 0.5) is 5.82 Å². The minimum absolute atomic E-state index is 0.0510. The molecule has 19 heavy (non-hydrogen) atoms. The second kappa shape index (κ2) is 4.31. The van der Waals surface area contributed by atoms with Gasteiger partial charge in [0.05, 0.1) is 5.69 Å². The first-order valence-corrected chi connectivity index (χ1v) is 5.41. The summed E-state index contributed by atoms with van der Waals surface area (Å²) in [5.41, 5.74) is 7.79. The van der Waals surface area contributed by atoms with Crippen LogP contribution in [0.5, 0.6) is 0 Å². The number of nitrogens with two attached hydrogens (primary N) is 2. The zero-order valence-corrected chi connectivity index (χ0v) is 10.7. The average molecular weight is 266 g/mol. The molecule has 2 aromatic heterocycles. The molecule has 1 amide bonds. The van der Waals surface area contributed by atoms with E-state index >= 15 is 0 Å². The summed E-state index contributed by atoms with van der Waals surface area (Å²) >= 11 is 0. The summed E-state index contributed by atoms with van der Waals surface area (Å²) in [6.07, 6.45) is 0. The van der Waals surface area contributed by atoms with Gasteiger partial charge in [0, 0.05) is 5.41 Å². The van der Waals surface area contributed by atoms with Crippen LogP contribution in [-0.4, -0.2) is 31.2 Å². The van der Waals surface area contributed by atoms with Gasteiger partial charge in [-0.2, -0.15) is 4.68 Å². The normalized spacial score (nSPS) is 11.6. The first-order chi connectivity index (χ1) is 8.86. The van der Waals surface area contributed by atoms with Crippen LogP contribution in [0.3, 0.4) is 0 Å². The van der Waals surface area contributed by atoms with Crippen molar-refractivity contribution in [1.82, 2.24) is 30.7 Å². The standard InChI is InChI=1S/C9H14N8O2/c1-9(2,3)5-4(8(18)12-11)13-16-17(5)7-6(10)14-19-15-7/h11H2,1-3H3,(H2,10,14)(H,12,18). The van der Waals surface area contributed by atoms with Crippen molar-refractivity contribution in [3.63, 3.8) is 0 Å². The quantitative estimate of drug-likeness (QED) is 0.360. The van der Waals surface area contributed by atoms with Crippen LogP contribution in [0.25, 0.3) is 5.82 Å². The number of hydrazine groups is 1. The van der Waals surface area contributed by atoms with Crippen molar-refractivity contribution in [3.8, 4) is 5.82 Å². The van der Waals surface area contributed by atoms with Gasteiger partial charge in [-0.3, -0.25) is 10.2 Å². The molecule has 0 saturated carbocycles. The lowest BCUT2D eigenvalue weighted by molar-refractivity contribution is 0.0946. The Bertz CT molecular complexity index is 608. The van der Waals surface area contributed by atoms with Crippen LogP contribution in [0, 0.1) is 0 Å². The van der Waals surface area contributed by atoms with E-state index in [1.54, 1.807) is 0 Å². The monoisotopic (exact) mass is 266 g/mol. The van der Waals surface area contributed by atoms with E-state index in [-0.39, 0.29) is 17.3 Å². The zero-order valence-electron chi connectivity index (χ0n) is 10.7. The van der Waals surface area contributed by atoms with Gasteiger partial charge in [-0.15, -0.1) is 5.10 Å². The maximum Gasteiger partial charge on any atom is 0.287 e. The average Bonchev–Trinajstić information content (AvgIpc) is 2.92. The Kier molecular flexibility index (Phi) is 2.94. The Morgan fingerprint density at radius 2 is 2.05 bits per heavy atom. The third-order valence-corrected chi connectivity index (χ3v) is 2.42. The van der Waals surface area contributed by atoms with Crippen LogP contribution in [0.1, 0.15) is 37.0 Å². The first kappa shape index (κ1) is 13.0. The Morgan fingerprint density at radius 3 is 2.53 bits per heavy atom. The number of carbonyl (C=O) groups is 1. The molecule has 0 saturated heterocycles. The minimum atomic E-state index is -0.550. The van der Waals surface area contributed by atoms with Crippen molar-refractivity contribution in [2.24, 2.45) is 5.84 Å². The highest BCUT2D eigenvalue weighted by Crippen LogP contribution is 2.27. The van der Waals surface area contributed by atoms with Crippen molar-refractivity contribution in [2.45, 2.75) is 26.2 Å². The van der Waals surface area contributed by atoms with Gasteiger partial charge in [-0.1, -0.05) is 26.0 Å². The van der Waals surface area contributed by atoms with E-state index in [2.05, 4.69) is 25.3 Å². The van der Waals surface area contributed by atoms with Crippen LogP contribution in [0.2, 0.25) is 0 Å². The minimum Gasteiger partial charge on any atom is -0.378 e. The smallest absolute Gasteiger partial charge is 0.287 e. The van der Waals surface area contributed by atoms with E-state index in [1.807, 2.05) is 26.2 Å². The van der Waals surface area contributed by atoms with Gasteiger partial charge in [0.1, 0.15) is 0 Å². The van der Waals surface area contributed by atoms with Crippen LogP contribution < -0.4 is 17.0 Å². The fourth-order valence-corrected chi connectivity index (χ4v) is 1.66. The second-order valence-corrected chi connectivity index (χ2v) is 4.89. The molecule has 0 unspecified atom stereocenters. The maximum absolute atomic E-state index is 11.7. The zero-order chi connectivity index (χ0) is 14.2. The molecule has 0 fully saturated rings. The van der Waals surface area contributed by atoms with Crippen molar-refractivity contribution in [2.75, 3.05) is 5.73 Å². The number of anilines is 1. The summed E-state index contributed by atoms with van der Waals surface area (Å²) in [5.74, 6) is 4.80. The van der Waals surface area contributed by atoms with Crippen molar-refractivity contribution in [1.29, 1.82) is 0 Å². The molecule has 10 heteroatoms. The molecule has 0 aromatic carbocycles. The SMILES string of the molecule is CC(C)(C)c1c(C(=O)NN)nnn1-c1nonc1N. The van der Waals surface area contributed by atoms with Gasteiger partial charge in [0.2, 0.25) is 11.6 Å². The van der Waals surface area contributed by atoms with E-state index in [9.17, 15) is 4.79 Å². The number of rotatable bonds is 2. The summed E-state index contributed by atoms with van der Waals surface area (Å²) in [7, 11) is 0. The van der Waals surface area contributed by atoms with Crippen LogP contribution in [-0.2, 0) is 5.41 Å². The lowest BCUT2D eigenvalue weighted by atomic mass is 9.90. The molecule has 0 spiro atoms. The van der Waals surface area contributed by atoms with E-state index < -0.39 is 11.3 Å². The fraction of sp³-hybridized carbons (Fsp3) is 0.444. The number of nitrogens with zero attached hydrogens (tertiary/aromatic N) is 5. The summed E-state index contributed by atoms with van der Waals surface area (Å²) in [6.45, 7) is 5.66. The van der Waals surface area contributed by atoms with E-state index in [4.69, 9.17) is 11.6 Å². The Labute approximate surface area is 108 Å². The van der Waals surface area contributed by atoms with E-state index in [0.29, 0.717) is 5.69 Å². The molecule has 2 aromatic rings. The van der Waals surface area contributed by atoms with E-state index in [0.717, 1.165) is 0 Å². The molecular formula is C9H14N8O2. The Morgan fingerprint density at radius 1 is 1.37 bits per heavy atom. The Balaban J connectivity index is 2.67. The molecule has 2 rings (SSSR count). The van der Waals surface area contributed by atoms with E-state index in [1.165, 1.54) is 4.68 Å². The van der Waals surface area contributed by atoms with Gasteiger partial charge in [-0.25, -0.2) is 10.5 Å².